The van der Waals surface area contributed by atoms with Crippen molar-refractivity contribution < 1.29 is 4.21 Å². The first kappa shape index (κ1) is 6.68. The first-order valence-electron chi connectivity index (χ1n) is 2.91. The van der Waals surface area contributed by atoms with Crippen LogP contribution in [0.3, 0.4) is 0 Å². The van der Waals surface area contributed by atoms with E-state index in [1.807, 2.05) is 0 Å². The SMILES string of the molecule is C=CNS(=C)(=O)C1CC1. The van der Waals surface area contributed by atoms with Crippen molar-refractivity contribution in [3.63, 3.8) is 0 Å². The van der Waals surface area contributed by atoms with Crippen LogP contribution in [0.5, 0.6) is 0 Å². The highest BCUT2D eigenvalue weighted by molar-refractivity contribution is 7.99. The maximum absolute atomic E-state index is 11.3. The third-order valence-electron chi connectivity index (χ3n) is 1.35. The summed E-state index contributed by atoms with van der Waals surface area (Å²) in [5.74, 6) is 3.57. The van der Waals surface area contributed by atoms with E-state index >= 15 is 0 Å². The molecule has 1 fully saturated rings. The van der Waals surface area contributed by atoms with Crippen LogP contribution < -0.4 is 4.72 Å². The first-order chi connectivity index (χ1) is 4.17. The lowest BCUT2D eigenvalue weighted by Gasteiger charge is -2.04. The van der Waals surface area contributed by atoms with Gasteiger partial charge in [0.1, 0.15) is 0 Å². The van der Waals surface area contributed by atoms with Crippen LogP contribution >= 0.6 is 0 Å². The quantitative estimate of drug-likeness (QED) is 0.576. The Bertz CT molecular complexity index is 201. The molecule has 1 N–H and O–H groups in total. The number of hydrogen-bond donors (Lipinski definition) is 1. The molecule has 1 saturated carbocycles. The van der Waals surface area contributed by atoms with E-state index in [1.165, 1.54) is 6.20 Å². The van der Waals surface area contributed by atoms with Gasteiger partial charge in [-0.3, -0.25) is 0 Å². The number of hydrogen-bond acceptors (Lipinski definition) is 1. The topological polar surface area (TPSA) is 29.1 Å². The lowest BCUT2D eigenvalue weighted by atomic mass is 11.0. The van der Waals surface area contributed by atoms with Gasteiger partial charge in [-0.1, -0.05) is 6.58 Å². The lowest BCUT2D eigenvalue weighted by Crippen LogP contribution is -2.21. The van der Waals surface area contributed by atoms with Crippen LogP contribution in [-0.2, 0) is 9.71 Å². The van der Waals surface area contributed by atoms with Gasteiger partial charge in [0.25, 0.3) is 0 Å². The molecule has 1 aliphatic rings. The summed E-state index contributed by atoms with van der Waals surface area (Å²) in [4.78, 5) is 0. The highest BCUT2D eigenvalue weighted by Gasteiger charge is 2.29. The maximum atomic E-state index is 11.3. The lowest BCUT2D eigenvalue weighted by molar-refractivity contribution is 0.676. The molecule has 9 heavy (non-hydrogen) atoms. The van der Waals surface area contributed by atoms with E-state index < -0.39 is 9.71 Å². The van der Waals surface area contributed by atoms with E-state index in [1.54, 1.807) is 0 Å². The molecule has 0 spiro atoms. The Labute approximate surface area is 56.1 Å². The van der Waals surface area contributed by atoms with E-state index in [9.17, 15) is 4.21 Å². The smallest absolute Gasteiger partial charge is 0.0477 e. The zero-order valence-electron chi connectivity index (χ0n) is 5.30. The largest absolute Gasteiger partial charge is 0.320 e. The van der Waals surface area contributed by atoms with Gasteiger partial charge < -0.3 is 4.72 Å². The van der Waals surface area contributed by atoms with Gasteiger partial charge in [-0.05, 0) is 18.7 Å². The molecule has 3 heteroatoms. The average molecular weight is 145 g/mol. The second-order valence-corrected chi connectivity index (χ2v) is 4.60. The van der Waals surface area contributed by atoms with Crippen molar-refractivity contribution >= 4 is 15.6 Å². The molecule has 2 nitrogen and oxygen atoms in total. The van der Waals surface area contributed by atoms with Crippen molar-refractivity contribution in [1.82, 2.24) is 4.72 Å². The van der Waals surface area contributed by atoms with Gasteiger partial charge in [-0.15, -0.1) is 0 Å². The van der Waals surface area contributed by atoms with Gasteiger partial charge in [0, 0.05) is 21.2 Å². The minimum Gasteiger partial charge on any atom is -0.320 e. The summed E-state index contributed by atoms with van der Waals surface area (Å²) in [6, 6.07) is 0. The zero-order chi connectivity index (χ0) is 6.91. The normalized spacial score (nSPS) is 24.4. The molecule has 0 radical (unpaired) electrons. The van der Waals surface area contributed by atoms with Crippen LogP contribution in [0, 0.1) is 0 Å². The molecule has 52 valence electrons. The van der Waals surface area contributed by atoms with Crippen LogP contribution in [0.25, 0.3) is 0 Å². The molecule has 0 saturated heterocycles. The van der Waals surface area contributed by atoms with Gasteiger partial charge in [0.15, 0.2) is 0 Å². The van der Waals surface area contributed by atoms with Crippen LogP contribution in [-0.4, -0.2) is 15.3 Å². The average Bonchev–Trinajstić information content (AvgIpc) is 2.41. The van der Waals surface area contributed by atoms with Gasteiger partial charge in [-0.25, -0.2) is 4.21 Å². The fourth-order valence-corrected chi connectivity index (χ4v) is 2.06. The fraction of sp³-hybridized carbons (Fsp3) is 0.500. The Morgan fingerprint density at radius 2 is 2.22 bits per heavy atom. The second kappa shape index (κ2) is 2.06. The molecule has 0 amide bonds. The van der Waals surface area contributed by atoms with Gasteiger partial charge in [-0.2, -0.15) is 0 Å². The summed E-state index contributed by atoms with van der Waals surface area (Å²) in [6.45, 7) is 3.43. The molecule has 0 aromatic carbocycles. The monoisotopic (exact) mass is 145 g/mol. The Morgan fingerprint density at radius 3 is 2.56 bits per heavy atom. The van der Waals surface area contributed by atoms with E-state index in [0.717, 1.165) is 12.8 Å². The summed E-state index contributed by atoms with van der Waals surface area (Å²) >= 11 is 0. The molecular formula is C6H11NOS. The minimum absolute atomic E-state index is 0.301. The fourth-order valence-electron chi connectivity index (χ4n) is 0.686. The second-order valence-electron chi connectivity index (χ2n) is 2.25. The van der Waals surface area contributed by atoms with Crippen molar-refractivity contribution in [1.29, 1.82) is 0 Å². The molecule has 1 atom stereocenters. The molecule has 1 unspecified atom stereocenters. The molecule has 0 aromatic rings. The van der Waals surface area contributed by atoms with Crippen LogP contribution in [0.1, 0.15) is 12.8 Å². The molecule has 1 aliphatic carbocycles. The van der Waals surface area contributed by atoms with Gasteiger partial charge >= 0.3 is 0 Å². The van der Waals surface area contributed by atoms with E-state index in [4.69, 9.17) is 0 Å². The summed E-state index contributed by atoms with van der Waals surface area (Å²) in [5.41, 5.74) is 0. The molecule has 1 rings (SSSR count). The Kier molecular flexibility index (Phi) is 1.53. The van der Waals surface area contributed by atoms with E-state index in [2.05, 4.69) is 17.2 Å². The molecule has 0 aromatic heterocycles. The van der Waals surface area contributed by atoms with Crippen LogP contribution in [0.4, 0.5) is 0 Å². The van der Waals surface area contributed by atoms with Crippen molar-refractivity contribution in [2.24, 2.45) is 0 Å². The standard InChI is InChI=1S/C6H11NOS/c1-3-7-9(2,8)6-4-5-6/h3,6H,1-2,4-5H2,(H,7,8). The molecule has 0 aliphatic heterocycles. The summed E-state index contributed by atoms with van der Waals surface area (Å²) in [6.07, 6.45) is 3.54. The maximum Gasteiger partial charge on any atom is 0.0477 e. The molecular weight excluding hydrogens is 134 g/mol. The number of nitrogens with one attached hydrogen (secondary N) is 1. The minimum atomic E-state index is -2.01. The highest BCUT2D eigenvalue weighted by atomic mass is 32.2. The third kappa shape index (κ3) is 1.48. The van der Waals surface area contributed by atoms with Crippen molar-refractivity contribution in [3.05, 3.63) is 12.8 Å². The van der Waals surface area contributed by atoms with Crippen LogP contribution in [0.2, 0.25) is 0 Å². The summed E-state index contributed by atoms with van der Waals surface area (Å²) in [7, 11) is -2.01. The predicted molar refractivity (Wildman–Crippen MR) is 41.6 cm³/mol. The highest BCUT2D eigenvalue weighted by Crippen LogP contribution is 2.27. The van der Waals surface area contributed by atoms with Crippen molar-refractivity contribution in [2.75, 3.05) is 0 Å². The van der Waals surface area contributed by atoms with Crippen molar-refractivity contribution in [3.8, 4) is 0 Å². The third-order valence-corrected chi connectivity index (χ3v) is 3.46. The van der Waals surface area contributed by atoms with Crippen LogP contribution in [0.15, 0.2) is 12.8 Å². The summed E-state index contributed by atoms with van der Waals surface area (Å²) in [5, 5.41) is 0.301. The first-order valence-corrected chi connectivity index (χ1v) is 4.70. The molecule has 0 bridgehead atoms. The number of rotatable bonds is 3. The Balaban J connectivity index is 2.60. The summed E-state index contributed by atoms with van der Waals surface area (Å²) < 4.78 is 13.9. The van der Waals surface area contributed by atoms with Gasteiger partial charge in [0.2, 0.25) is 0 Å². The Hall–Kier alpha value is -0.440. The van der Waals surface area contributed by atoms with E-state index in [0.29, 0.717) is 5.25 Å². The predicted octanol–water partition coefficient (Wildman–Crippen LogP) is 0.513. The van der Waals surface area contributed by atoms with Gasteiger partial charge in [0.05, 0.1) is 0 Å². The van der Waals surface area contributed by atoms with E-state index in [-0.39, 0.29) is 0 Å². The molecule has 0 heterocycles. The zero-order valence-corrected chi connectivity index (χ0v) is 6.12. The Morgan fingerprint density at radius 1 is 1.67 bits per heavy atom. The van der Waals surface area contributed by atoms with Crippen molar-refractivity contribution in [2.45, 2.75) is 18.1 Å².